The fourth-order valence-corrected chi connectivity index (χ4v) is 2.80. The van der Waals surface area contributed by atoms with Crippen molar-refractivity contribution in [1.29, 1.82) is 0 Å². The van der Waals surface area contributed by atoms with Gasteiger partial charge in [-0.3, -0.25) is 19.9 Å². The minimum absolute atomic E-state index is 0.0288. The van der Waals surface area contributed by atoms with Gasteiger partial charge in [0.2, 0.25) is 0 Å². The van der Waals surface area contributed by atoms with E-state index >= 15 is 0 Å². The standard InChI is InChI=1S/C20H15N5O2/c26-25(27)17-10-6-7-15(13-17)20-22-18(19-11-4-5-12-24(19)20)14-21-23-16-8-2-1-3-9-16/h1-14,23H. The number of pyridine rings is 1. The molecule has 0 saturated carbocycles. The molecule has 7 heteroatoms. The van der Waals surface area contributed by atoms with Gasteiger partial charge in [-0.05, 0) is 24.3 Å². The van der Waals surface area contributed by atoms with Crippen molar-refractivity contribution in [2.45, 2.75) is 0 Å². The smallest absolute Gasteiger partial charge is 0.270 e. The van der Waals surface area contributed by atoms with Crippen LogP contribution >= 0.6 is 0 Å². The fraction of sp³-hybridized carbons (Fsp3) is 0. The molecule has 27 heavy (non-hydrogen) atoms. The van der Waals surface area contributed by atoms with Gasteiger partial charge in [-0.25, -0.2) is 4.98 Å². The predicted molar refractivity (Wildman–Crippen MR) is 105 cm³/mol. The van der Waals surface area contributed by atoms with Crippen LogP contribution in [0.4, 0.5) is 11.4 Å². The van der Waals surface area contributed by atoms with Gasteiger partial charge in [0.05, 0.1) is 22.3 Å². The number of rotatable bonds is 5. The van der Waals surface area contributed by atoms with Crippen molar-refractivity contribution in [3.05, 3.63) is 94.8 Å². The molecule has 0 fully saturated rings. The van der Waals surface area contributed by atoms with E-state index in [-0.39, 0.29) is 5.69 Å². The van der Waals surface area contributed by atoms with Crippen LogP contribution in [0, 0.1) is 10.1 Å². The second-order valence-corrected chi connectivity index (χ2v) is 5.82. The minimum Gasteiger partial charge on any atom is -0.299 e. The second-order valence-electron chi connectivity index (χ2n) is 5.82. The first-order chi connectivity index (χ1) is 13.2. The lowest BCUT2D eigenvalue weighted by Gasteiger charge is -2.01. The number of nitro benzene ring substituents is 1. The van der Waals surface area contributed by atoms with E-state index in [0.29, 0.717) is 17.1 Å². The van der Waals surface area contributed by atoms with E-state index in [0.717, 1.165) is 11.2 Å². The van der Waals surface area contributed by atoms with Crippen LogP contribution in [0.5, 0.6) is 0 Å². The van der Waals surface area contributed by atoms with Crippen LogP contribution in [0.1, 0.15) is 5.69 Å². The Bertz CT molecular complexity index is 1140. The van der Waals surface area contributed by atoms with E-state index in [1.54, 1.807) is 18.3 Å². The average molecular weight is 357 g/mol. The van der Waals surface area contributed by atoms with Gasteiger partial charge >= 0.3 is 0 Å². The lowest BCUT2D eigenvalue weighted by atomic mass is 10.2. The monoisotopic (exact) mass is 357 g/mol. The summed E-state index contributed by atoms with van der Waals surface area (Å²) < 4.78 is 1.89. The molecular weight excluding hydrogens is 342 g/mol. The molecule has 0 amide bonds. The van der Waals surface area contributed by atoms with Gasteiger partial charge in [-0.1, -0.05) is 36.4 Å². The highest BCUT2D eigenvalue weighted by molar-refractivity contribution is 5.89. The van der Waals surface area contributed by atoms with Crippen molar-refractivity contribution in [3.63, 3.8) is 0 Å². The topological polar surface area (TPSA) is 84.8 Å². The number of hydrogen-bond donors (Lipinski definition) is 1. The van der Waals surface area contributed by atoms with Crippen molar-refractivity contribution < 1.29 is 4.92 Å². The van der Waals surface area contributed by atoms with Gasteiger partial charge in [0.25, 0.3) is 5.69 Å². The van der Waals surface area contributed by atoms with Crippen molar-refractivity contribution in [1.82, 2.24) is 9.38 Å². The number of hydrogen-bond acceptors (Lipinski definition) is 5. The highest BCUT2D eigenvalue weighted by Crippen LogP contribution is 2.25. The molecule has 0 bridgehead atoms. The first kappa shape index (κ1) is 16.5. The SMILES string of the molecule is O=[N+]([O-])c1cccc(-c2nc(C=NNc3ccccc3)c3ccccn23)c1. The Kier molecular flexibility index (Phi) is 4.32. The van der Waals surface area contributed by atoms with E-state index in [1.807, 2.05) is 59.1 Å². The third-order valence-corrected chi connectivity index (χ3v) is 4.05. The van der Waals surface area contributed by atoms with Crippen molar-refractivity contribution in [2.24, 2.45) is 5.10 Å². The molecule has 0 aliphatic heterocycles. The maximum atomic E-state index is 11.1. The van der Waals surface area contributed by atoms with Crippen LogP contribution < -0.4 is 5.43 Å². The lowest BCUT2D eigenvalue weighted by Crippen LogP contribution is -1.91. The Morgan fingerprint density at radius 3 is 2.67 bits per heavy atom. The zero-order chi connectivity index (χ0) is 18.6. The lowest BCUT2D eigenvalue weighted by molar-refractivity contribution is -0.384. The molecule has 4 aromatic rings. The summed E-state index contributed by atoms with van der Waals surface area (Å²) in [6, 6.07) is 21.8. The first-order valence-corrected chi connectivity index (χ1v) is 8.28. The Morgan fingerprint density at radius 1 is 1.04 bits per heavy atom. The van der Waals surface area contributed by atoms with E-state index in [2.05, 4.69) is 15.5 Å². The number of hydrazone groups is 1. The summed E-state index contributed by atoms with van der Waals surface area (Å²) in [4.78, 5) is 15.3. The molecule has 0 aliphatic carbocycles. The number of imidazole rings is 1. The van der Waals surface area contributed by atoms with Crippen molar-refractivity contribution in [3.8, 4) is 11.4 Å². The fourth-order valence-electron chi connectivity index (χ4n) is 2.80. The number of nitrogens with zero attached hydrogens (tertiary/aromatic N) is 4. The molecule has 0 atom stereocenters. The maximum Gasteiger partial charge on any atom is 0.270 e. The van der Waals surface area contributed by atoms with Crippen LogP contribution in [-0.4, -0.2) is 20.5 Å². The van der Waals surface area contributed by atoms with E-state index in [1.165, 1.54) is 12.1 Å². The molecular formula is C20H15N5O2. The Balaban J connectivity index is 1.73. The van der Waals surface area contributed by atoms with Crippen LogP contribution in [0.25, 0.3) is 16.9 Å². The van der Waals surface area contributed by atoms with E-state index in [4.69, 9.17) is 0 Å². The van der Waals surface area contributed by atoms with E-state index in [9.17, 15) is 10.1 Å². The van der Waals surface area contributed by atoms with Gasteiger partial charge in [0, 0.05) is 23.9 Å². The van der Waals surface area contributed by atoms with Gasteiger partial charge in [-0.2, -0.15) is 5.10 Å². The van der Waals surface area contributed by atoms with Crippen LogP contribution in [0.2, 0.25) is 0 Å². The maximum absolute atomic E-state index is 11.1. The second kappa shape index (κ2) is 7.09. The van der Waals surface area contributed by atoms with Crippen LogP contribution in [-0.2, 0) is 0 Å². The summed E-state index contributed by atoms with van der Waals surface area (Å²) in [5, 5.41) is 15.3. The summed E-state index contributed by atoms with van der Waals surface area (Å²) in [6.07, 6.45) is 3.52. The Morgan fingerprint density at radius 2 is 1.85 bits per heavy atom. The molecule has 2 heterocycles. The summed E-state index contributed by atoms with van der Waals surface area (Å²) in [6.45, 7) is 0. The third-order valence-electron chi connectivity index (χ3n) is 4.05. The van der Waals surface area contributed by atoms with Crippen LogP contribution in [0.15, 0.2) is 84.1 Å². The van der Waals surface area contributed by atoms with Gasteiger partial charge in [0.1, 0.15) is 11.5 Å². The highest BCUT2D eigenvalue weighted by Gasteiger charge is 2.14. The molecule has 2 aromatic heterocycles. The molecule has 1 N–H and O–H groups in total. The molecule has 132 valence electrons. The molecule has 0 aliphatic rings. The van der Waals surface area contributed by atoms with Crippen LogP contribution in [0.3, 0.4) is 0 Å². The predicted octanol–water partition coefficient (Wildman–Crippen LogP) is 4.36. The number of aromatic nitrogens is 2. The molecule has 0 saturated heterocycles. The number of fused-ring (bicyclic) bond motifs is 1. The number of para-hydroxylation sites is 1. The molecule has 0 unspecified atom stereocenters. The van der Waals surface area contributed by atoms with Crippen molar-refractivity contribution >= 4 is 23.1 Å². The number of benzene rings is 2. The quantitative estimate of drug-likeness (QED) is 0.327. The zero-order valence-corrected chi connectivity index (χ0v) is 14.2. The molecule has 4 rings (SSSR count). The van der Waals surface area contributed by atoms with Crippen molar-refractivity contribution in [2.75, 3.05) is 5.43 Å². The normalized spacial score (nSPS) is 11.1. The molecule has 2 aromatic carbocycles. The molecule has 0 spiro atoms. The number of anilines is 1. The Hall–Kier alpha value is -4.00. The molecule has 0 radical (unpaired) electrons. The van der Waals surface area contributed by atoms with Gasteiger partial charge in [0.15, 0.2) is 0 Å². The largest absolute Gasteiger partial charge is 0.299 e. The molecule has 7 nitrogen and oxygen atoms in total. The summed E-state index contributed by atoms with van der Waals surface area (Å²) in [7, 11) is 0. The first-order valence-electron chi connectivity index (χ1n) is 8.28. The third kappa shape index (κ3) is 3.38. The summed E-state index contributed by atoms with van der Waals surface area (Å²) >= 11 is 0. The zero-order valence-electron chi connectivity index (χ0n) is 14.2. The minimum atomic E-state index is -0.411. The Labute approximate surface area is 154 Å². The average Bonchev–Trinajstić information content (AvgIpc) is 3.08. The summed E-state index contributed by atoms with van der Waals surface area (Å²) in [5.74, 6) is 0.621. The number of nitro groups is 1. The van der Waals surface area contributed by atoms with Gasteiger partial charge in [-0.15, -0.1) is 0 Å². The summed E-state index contributed by atoms with van der Waals surface area (Å²) in [5.41, 5.74) is 6.06. The number of non-ortho nitro benzene ring substituents is 1. The number of nitrogens with one attached hydrogen (secondary N) is 1. The van der Waals surface area contributed by atoms with Gasteiger partial charge < -0.3 is 0 Å². The van der Waals surface area contributed by atoms with E-state index < -0.39 is 4.92 Å². The highest BCUT2D eigenvalue weighted by atomic mass is 16.6.